The molecule has 0 aliphatic carbocycles. The van der Waals surface area contributed by atoms with Crippen LogP contribution in [-0.2, 0) is 4.74 Å². The van der Waals surface area contributed by atoms with Crippen LogP contribution in [0.15, 0.2) is 6.33 Å². The Morgan fingerprint density at radius 1 is 1.22 bits per heavy atom. The van der Waals surface area contributed by atoms with Gasteiger partial charge in [0.15, 0.2) is 11.6 Å². The van der Waals surface area contributed by atoms with Crippen LogP contribution in [0.2, 0.25) is 0 Å². The summed E-state index contributed by atoms with van der Waals surface area (Å²) < 4.78 is 5.03. The molecule has 1 aromatic rings. The van der Waals surface area contributed by atoms with E-state index in [4.69, 9.17) is 21.0 Å². The minimum absolute atomic E-state index is 0.308. The van der Waals surface area contributed by atoms with E-state index in [-0.39, 0.29) is 6.09 Å². The van der Waals surface area contributed by atoms with Gasteiger partial charge in [-0.3, -0.25) is 0 Å². The van der Waals surface area contributed by atoms with Gasteiger partial charge in [-0.15, -0.1) is 0 Å². The Balaban J connectivity index is 2.13. The third kappa shape index (κ3) is 5.11. The van der Waals surface area contributed by atoms with Crippen LogP contribution in [0.25, 0.3) is 0 Å². The zero-order chi connectivity index (χ0) is 19.6. The zero-order valence-corrected chi connectivity index (χ0v) is 15.5. The van der Waals surface area contributed by atoms with Crippen LogP contribution < -0.4 is 15.5 Å². The SMILES string of the molecule is CCOC(=O)N1CCN(c2ncnc(N(CCC#N)CCC#N)c2N)CC1. The molecule has 144 valence electrons. The fraction of sp³-hybridized carbons (Fsp3) is 0.588. The second-order valence-corrected chi connectivity index (χ2v) is 5.91. The first kappa shape index (κ1) is 20.0. The quantitative estimate of drug-likeness (QED) is 0.742. The Labute approximate surface area is 158 Å². The van der Waals surface area contributed by atoms with E-state index in [0.29, 0.717) is 76.0 Å². The van der Waals surface area contributed by atoms with Crippen molar-refractivity contribution in [2.45, 2.75) is 19.8 Å². The first-order valence-corrected chi connectivity index (χ1v) is 8.88. The molecule has 10 nitrogen and oxygen atoms in total. The Morgan fingerprint density at radius 3 is 2.41 bits per heavy atom. The van der Waals surface area contributed by atoms with Gasteiger partial charge < -0.3 is 25.2 Å². The van der Waals surface area contributed by atoms with Crippen molar-refractivity contribution in [2.75, 3.05) is 61.4 Å². The van der Waals surface area contributed by atoms with E-state index in [9.17, 15) is 4.79 Å². The number of amides is 1. The summed E-state index contributed by atoms with van der Waals surface area (Å²) in [6.45, 7) is 5.20. The summed E-state index contributed by atoms with van der Waals surface area (Å²) >= 11 is 0. The molecule has 0 saturated carbocycles. The summed E-state index contributed by atoms with van der Waals surface area (Å²) in [7, 11) is 0. The molecule has 0 bridgehead atoms. The van der Waals surface area contributed by atoms with Gasteiger partial charge in [-0.2, -0.15) is 10.5 Å². The number of hydrogen-bond acceptors (Lipinski definition) is 9. The highest BCUT2D eigenvalue weighted by atomic mass is 16.6. The maximum Gasteiger partial charge on any atom is 0.409 e. The summed E-state index contributed by atoms with van der Waals surface area (Å²) in [6, 6.07) is 4.20. The van der Waals surface area contributed by atoms with Crippen molar-refractivity contribution in [3.05, 3.63) is 6.33 Å². The molecule has 1 fully saturated rings. The van der Waals surface area contributed by atoms with Crippen LogP contribution in [0, 0.1) is 22.7 Å². The third-order valence-electron chi connectivity index (χ3n) is 4.23. The van der Waals surface area contributed by atoms with Gasteiger partial charge in [-0.05, 0) is 6.92 Å². The molecule has 1 aromatic heterocycles. The molecule has 27 heavy (non-hydrogen) atoms. The van der Waals surface area contributed by atoms with Crippen molar-refractivity contribution in [2.24, 2.45) is 0 Å². The second kappa shape index (κ2) is 10.0. The fourth-order valence-electron chi connectivity index (χ4n) is 2.89. The van der Waals surface area contributed by atoms with Crippen LogP contribution >= 0.6 is 0 Å². The largest absolute Gasteiger partial charge is 0.450 e. The van der Waals surface area contributed by atoms with Crippen molar-refractivity contribution in [3.63, 3.8) is 0 Å². The average Bonchev–Trinajstić information content (AvgIpc) is 2.69. The monoisotopic (exact) mass is 372 g/mol. The summed E-state index contributed by atoms with van der Waals surface area (Å²) in [6.07, 6.45) is 1.74. The number of piperazine rings is 1. The summed E-state index contributed by atoms with van der Waals surface area (Å²) in [5, 5.41) is 17.7. The van der Waals surface area contributed by atoms with E-state index in [0.717, 1.165) is 0 Å². The zero-order valence-electron chi connectivity index (χ0n) is 15.5. The van der Waals surface area contributed by atoms with Gasteiger partial charge in [0.05, 0.1) is 31.6 Å². The lowest BCUT2D eigenvalue weighted by molar-refractivity contribution is 0.105. The minimum atomic E-state index is -0.312. The number of anilines is 3. The molecule has 0 atom stereocenters. The molecule has 0 aromatic carbocycles. The van der Waals surface area contributed by atoms with E-state index in [1.807, 2.05) is 9.80 Å². The van der Waals surface area contributed by atoms with Gasteiger partial charge in [0.2, 0.25) is 0 Å². The number of rotatable bonds is 7. The number of hydrogen-bond donors (Lipinski definition) is 1. The standard InChI is InChI=1S/C17H24N8O2/c1-2-27-17(26)25-11-9-24(10-12-25)16-14(20)15(21-13-22-16)23(7-3-5-18)8-4-6-19/h13H,2-4,7-12,20H2,1H3. The topological polar surface area (TPSA) is 135 Å². The molecule has 2 heterocycles. The maximum atomic E-state index is 11.8. The lowest BCUT2D eigenvalue weighted by Crippen LogP contribution is -2.49. The summed E-state index contributed by atoms with van der Waals surface area (Å²) in [4.78, 5) is 25.9. The number of ether oxygens (including phenoxy) is 1. The van der Waals surface area contributed by atoms with Gasteiger partial charge >= 0.3 is 6.09 Å². The molecule has 0 radical (unpaired) electrons. The van der Waals surface area contributed by atoms with E-state index < -0.39 is 0 Å². The molecule has 0 spiro atoms. The van der Waals surface area contributed by atoms with Crippen LogP contribution in [0.3, 0.4) is 0 Å². The van der Waals surface area contributed by atoms with E-state index in [1.54, 1.807) is 11.8 Å². The molecule has 1 amide bonds. The van der Waals surface area contributed by atoms with Crippen LogP contribution in [0.5, 0.6) is 0 Å². The van der Waals surface area contributed by atoms with Crippen molar-refractivity contribution >= 4 is 23.4 Å². The molecular formula is C17H24N8O2. The molecular weight excluding hydrogens is 348 g/mol. The van der Waals surface area contributed by atoms with E-state index >= 15 is 0 Å². The average molecular weight is 372 g/mol. The fourth-order valence-corrected chi connectivity index (χ4v) is 2.89. The number of aromatic nitrogens is 2. The number of carbonyl (C=O) groups excluding carboxylic acids is 1. The van der Waals surface area contributed by atoms with Gasteiger partial charge in [0.25, 0.3) is 0 Å². The second-order valence-electron chi connectivity index (χ2n) is 5.91. The van der Waals surface area contributed by atoms with Crippen molar-refractivity contribution in [3.8, 4) is 12.1 Å². The van der Waals surface area contributed by atoms with Gasteiger partial charge in [0, 0.05) is 39.3 Å². The number of nitrogens with zero attached hydrogens (tertiary/aromatic N) is 7. The summed E-state index contributed by atoms with van der Waals surface area (Å²) in [5.74, 6) is 1.13. The van der Waals surface area contributed by atoms with Crippen molar-refractivity contribution in [1.29, 1.82) is 10.5 Å². The molecule has 0 unspecified atom stereocenters. The molecule has 10 heteroatoms. The molecule has 1 aliphatic rings. The Morgan fingerprint density at radius 2 is 1.85 bits per heavy atom. The first-order chi connectivity index (χ1) is 13.1. The van der Waals surface area contributed by atoms with Gasteiger partial charge in [-0.1, -0.05) is 0 Å². The Bertz CT molecular complexity index is 701. The first-order valence-electron chi connectivity index (χ1n) is 8.88. The van der Waals surface area contributed by atoms with Crippen molar-refractivity contribution < 1.29 is 9.53 Å². The Kier molecular flexibility index (Phi) is 7.44. The number of nitrogen functional groups attached to an aromatic ring is 1. The van der Waals surface area contributed by atoms with E-state index in [2.05, 4.69) is 22.1 Å². The normalized spacial score (nSPS) is 13.6. The number of nitriles is 2. The van der Waals surface area contributed by atoms with Gasteiger partial charge in [-0.25, -0.2) is 14.8 Å². The van der Waals surface area contributed by atoms with E-state index in [1.165, 1.54) is 6.33 Å². The van der Waals surface area contributed by atoms with Crippen LogP contribution in [0.4, 0.5) is 22.1 Å². The predicted molar refractivity (Wildman–Crippen MR) is 99.9 cm³/mol. The molecule has 2 N–H and O–H groups in total. The van der Waals surface area contributed by atoms with Crippen molar-refractivity contribution in [1.82, 2.24) is 14.9 Å². The maximum absolute atomic E-state index is 11.8. The lowest BCUT2D eigenvalue weighted by atomic mass is 10.2. The molecule has 1 saturated heterocycles. The van der Waals surface area contributed by atoms with Crippen LogP contribution in [-0.4, -0.2) is 66.8 Å². The number of carbonyl (C=O) groups is 1. The van der Waals surface area contributed by atoms with Crippen LogP contribution in [0.1, 0.15) is 19.8 Å². The highest BCUT2D eigenvalue weighted by molar-refractivity contribution is 5.76. The predicted octanol–water partition coefficient (Wildman–Crippen LogP) is 0.971. The summed E-state index contributed by atoms with van der Waals surface area (Å²) in [5.41, 5.74) is 6.74. The number of nitrogens with two attached hydrogens (primary N) is 1. The van der Waals surface area contributed by atoms with Gasteiger partial charge in [0.1, 0.15) is 12.0 Å². The molecule has 2 rings (SSSR count). The smallest absolute Gasteiger partial charge is 0.409 e. The highest BCUT2D eigenvalue weighted by Crippen LogP contribution is 2.29. The highest BCUT2D eigenvalue weighted by Gasteiger charge is 2.25. The Hall–Kier alpha value is -3.27. The third-order valence-corrected chi connectivity index (χ3v) is 4.23. The minimum Gasteiger partial charge on any atom is -0.450 e. The lowest BCUT2D eigenvalue weighted by Gasteiger charge is -2.35. The molecule has 1 aliphatic heterocycles.